The first-order valence-electron chi connectivity index (χ1n) is 8.45. The van der Waals surface area contributed by atoms with E-state index in [1.54, 1.807) is 13.3 Å². The number of methoxy groups -OCH3 is 1. The molecule has 8 heteroatoms. The van der Waals surface area contributed by atoms with Crippen molar-refractivity contribution in [3.63, 3.8) is 0 Å². The normalized spacial score (nSPS) is 14.3. The number of aromatic nitrogens is 4. The minimum atomic E-state index is 0.678. The number of nitrogens with one attached hydrogen (secondary N) is 2. The summed E-state index contributed by atoms with van der Waals surface area (Å²) >= 11 is 0. The lowest BCUT2D eigenvalue weighted by Crippen LogP contribution is -2.37. The number of morpholine rings is 1. The second kappa shape index (κ2) is 7.40. The average molecular weight is 352 g/mol. The van der Waals surface area contributed by atoms with Gasteiger partial charge in [-0.2, -0.15) is 10.1 Å². The number of nitrogens with zero attached hydrogens (tertiary/aromatic N) is 4. The quantitative estimate of drug-likeness (QED) is 0.729. The van der Waals surface area contributed by atoms with Crippen LogP contribution in [0.2, 0.25) is 0 Å². The highest BCUT2D eigenvalue weighted by Gasteiger charge is 2.14. The maximum absolute atomic E-state index is 5.41. The van der Waals surface area contributed by atoms with Gasteiger partial charge in [0, 0.05) is 30.9 Å². The van der Waals surface area contributed by atoms with E-state index in [0.29, 0.717) is 30.8 Å². The zero-order chi connectivity index (χ0) is 17.8. The summed E-state index contributed by atoms with van der Waals surface area (Å²) in [7, 11) is 1.66. The van der Waals surface area contributed by atoms with Crippen LogP contribution in [-0.2, 0) is 4.74 Å². The van der Waals surface area contributed by atoms with Crippen molar-refractivity contribution < 1.29 is 9.47 Å². The van der Waals surface area contributed by atoms with Crippen LogP contribution < -0.4 is 15.0 Å². The van der Waals surface area contributed by atoms with Crippen LogP contribution in [0.1, 0.15) is 0 Å². The van der Waals surface area contributed by atoms with E-state index in [1.807, 2.05) is 36.4 Å². The van der Waals surface area contributed by atoms with E-state index in [4.69, 9.17) is 9.47 Å². The molecular formula is C18H20N6O2. The molecule has 1 aliphatic rings. The van der Waals surface area contributed by atoms with Gasteiger partial charge in [-0.25, -0.2) is 4.98 Å². The van der Waals surface area contributed by atoms with E-state index in [2.05, 4.69) is 30.4 Å². The Morgan fingerprint density at radius 1 is 1.15 bits per heavy atom. The second-order valence-corrected chi connectivity index (χ2v) is 5.83. The summed E-state index contributed by atoms with van der Waals surface area (Å²) in [5.74, 6) is 2.86. The van der Waals surface area contributed by atoms with E-state index >= 15 is 0 Å². The summed E-state index contributed by atoms with van der Waals surface area (Å²) in [5, 5.41) is 10.6. The van der Waals surface area contributed by atoms with Gasteiger partial charge in [-0.15, -0.1) is 0 Å². The van der Waals surface area contributed by atoms with E-state index in [-0.39, 0.29) is 0 Å². The molecule has 0 atom stereocenters. The molecular weight excluding hydrogens is 332 g/mol. The topological polar surface area (TPSA) is 88.2 Å². The molecule has 0 bridgehead atoms. The van der Waals surface area contributed by atoms with Crippen LogP contribution in [0.4, 0.5) is 17.6 Å². The second-order valence-electron chi connectivity index (χ2n) is 5.83. The summed E-state index contributed by atoms with van der Waals surface area (Å²) in [6, 6.07) is 11.5. The van der Waals surface area contributed by atoms with Crippen molar-refractivity contribution in [1.29, 1.82) is 0 Å². The Balaban J connectivity index is 1.52. The van der Waals surface area contributed by atoms with Crippen LogP contribution in [0.3, 0.4) is 0 Å². The molecule has 0 aliphatic carbocycles. The number of benzene rings is 1. The number of aromatic amines is 1. The van der Waals surface area contributed by atoms with Crippen LogP contribution >= 0.6 is 0 Å². The monoisotopic (exact) mass is 352 g/mol. The molecule has 0 spiro atoms. The van der Waals surface area contributed by atoms with E-state index in [9.17, 15) is 0 Å². The van der Waals surface area contributed by atoms with Gasteiger partial charge in [0.15, 0.2) is 5.82 Å². The highest BCUT2D eigenvalue weighted by molar-refractivity contribution is 5.70. The number of ether oxygens (including phenoxy) is 2. The summed E-state index contributed by atoms with van der Waals surface area (Å²) in [6.07, 6.45) is 1.74. The molecule has 3 heterocycles. The fraction of sp³-hybridized carbons (Fsp3) is 0.278. The van der Waals surface area contributed by atoms with Crippen molar-refractivity contribution >= 4 is 17.6 Å². The van der Waals surface area contributed by atoms with Gasteiger partial charge in [-0.05, 0) is 18.2 Å². The molecule has 134 valence electrons. The predicted octanol–water partition coefficient (Wildman–Crippen LogP) is 2.46. The lowest BCUT2D eigenvalue weighted by atomic mass is 10.1. The van der Waals surface area contributed by atoms with Crippen molar-refractivity contribution in [2.75, 3.05) is 43.6 Å². The zero-order valence-electron chi connectivity index (χ0n) is 14.5. The molecule has 26 heavy (non-hydrogen) atoms. The third-order valence-electron chi connectivity index (χ3n) is 4.17. The highest BCUT2D eigenvalue weighted by Crippen LogP contribution is 2.29. The number of rotatable bonds is 5. The van der Waals surface area contributed by atoms with E-state index in [1.165, 1.54) is 0 Å². The molecule has 4 rings (SSSR count). The Morgan fingerprint density at radius 2 is 2.00 bits per heavy atom. The number of hydrogen-bond donors (Lipinski definition) is 2. The predicted molar refractivity (Wildman–Crippen MR) is 98.9 cm³/mol. The van der Waals surface area contributed by atoms with Crippen molar-refractivity contribution in [1.82, 2.24) is 20.2 Å². The molecule has 1 fully saturated rings. The van der Waals surface area contributed by atoms with Gasteiger partial charge in [0.25, 0.3) is 0 Å². The smallest absolute Gasteiger partial charge is 0.227 e. The van der Waals surface area contributed by atoms with Gasteiger partial charge < -0.3 is 19.7 Å². The van der Waals surface area contributed by atoms with Crippen LogP contribution in [0, 0.1) is 0 Å². The zero-order valence-corrected chi connectivity index (χ0v) is 14.5. The molecule has 1 aliphatic heterocycles. The van der Waals surface area contributed by atoms with E-state index in [0.717, 1.165) is 30.1 Å². The van der Waals surface area contributed by atoms with Crippen molar-refractivity contribution in [3.05, 3.63) is 42.6 Å². The third-order valence-corrected chi connectivity index (χ3v) is 4.17. The third kappa shape index (κ3) is 3.45. The van der Waals surface area contributed by atoms with Crippen LogP contribution in [0.25, 0.3) is 11.3 Å². The summed E-state index contributed by atoms with van der Waals surface area (Å²) in [5.41, 5.74) is 1.82. The number of anilines is 3. The summed E-state index contributed by atoms with van der Waals surface area (Å²) in [4.78, 5) is 11.0. The van der Waals surface area contributed by atoms with Gasteiger partial charge in [0.1, 0.15) is 11.6 Å². The molecule has 0 unspecified atom stereocenters. The van der Waals surface area contributed by atoms with Gasteiger partial charge in [0.2, 0.25) is 5.95 Å². The first-order chi connectivity index (χ1) is 12.8. The number of para-hydroxylation sites is 1. The largest absolute Gasteiger partial charge is 0.496 e. The average Bonchev–Trinajstić information content (AvgIpc) is 3.17. The van der Waals surface area contributed by atoms with Gasteiger partial charge in [0.05, 0.1) is 26.0 Å². The minimum absolute atomic E-state index is 0.678. The van der Waals surface area contributed by atoms with E-state index < -0.39 is 0 Å². The molecule has 0 radical (unpaired) electrons. The Bertz CT molecular complexity index is 875. The van der Waals surface area contributed by atoms with Crippen LogP contribution in [0.5, 0.6) is 5.75 Å². The molecule has 0 amide bonds. The summed E-state index contributed by atoms with van der Waals surface area (Å²) in [6.45, 7) is 2.99. The first-order valence-corrected chi connectivity index (χ1v) is 8.45. The maximum atomic E-state index is 5.41. The molecule has 8 nitrogen and oxygen atoms in total. The molecule has 0 saturated carbocycles. The maximum Gasteiger partial charge on any atom is 0.227 e. The fourth-order valence-electron chi connectivity index (χ4n) is 2.86. The minimum Gasteiger partial charge on any atom is -0.496 e. The number of hydrogen-bond acceptors (Lipinski definition) is 7. The lowest BCUT2D eigenvalue weighted by Gasteiger charge is -2.26. The fourth-order valence-corrected chi connectivity index (χ4v) is 2.86. The SMILES string of the molecule is COc1ccccc1-c1cc(Nc2ccnc(N3CCOCC3)n2)n[nH]1. The standard InChI is InChI=1S/C18H20N6O2/c1-25-15-5-3-2-4-13(15)14-12-17(23-22-14)20-16-6-7-19-18(21-16)24-8-10-26-11-9-24/h2-7,12H,8-11H2,1H3,(H2,19,20,21,22,23). The Hall–Kier alpha value is -3.13. The van der Waals surface area contributed by atoms with Crippen molar-refractivity contribution in [3.8, 4) is 17.0 Å². The first kappa shape index (κ1) is 16.3. The number of H-pyrrole nitrogens is 1. The van der Waals surface area contributed by atoms with Gasteiger partial charge in [-0.3, -0.25) is 5.10 Å². The Morgan fingerprint density at radius 3 is 2.85 bits per heavy atom. The molecule has 1 saturated heterocycles. The molecule has 2 N–H and O–H groups in total. The summed E-state index contributed by atoms with van der Waals surface area (Å²) < 4.78 is 10.8. The molecule has 2 aromatic heterocycles. The molecule has 1 aromatic carbocycles. The van der Waals surface area contributed by atoms with Crippen molar-refractivity contribution in [2.24, 2.45) is 0 Å². The van der Waals surface area contributed by atoms with Crippen LogP contribution in [-0.4, -0.2) is 53.6 Å². The molecule has 3 aromatic rings. The Labute approximate surface area is 151 Å². The lowest BCUT2D eigenvalue weighted by molar-refractivity contribution is 0.122. The highest BCUT2D eigenvalue weighted by atomic mass is 16.5. The Kier molecular flexibility index (Phi) is 4.65. The van der Waals surface area contributed by atoms with Crippen LogP contribution in [0.15, 0.2) is 42.6 Å². The van der Waals surface area contributed by atoms with Crippen molar-refractivity contribution in [2.45, 2.75) is 0 Å². The van der Waals surface area contributed by atoms with Gasteiger partial charge >= 0.3 is 0 Å². The van der Waals surface area contributed by atoms with Gasteiger partial charge in [-0.1, -0.05) is 12.1 Å².